The van der Waals surface area contributed by atoms with Crippen molar-refractivity contribution in [2.75, 3.05) is 6.54 Å². The largest absolute Gasteiger partial charge is 0.368 e. The minimum atomic E-state index is -0.460. The lowest BCUT2D eigenvalue weighted by Gasteiger charge is -2.32. The van der Waals surface area contributed by atoms with Crippen molar-refractivity contribution in [1.29, 1.82) is 0 Å². The van der Waals surface area contributed by atoms with E-state index in [0.717, 1.165) is 24.0 Å². The third kappa shape index (κ3) is 3.47. The van der Waals surface area contributed by atoms with Gasteiger partial charge in [0.2, 0.25) is 11.8 Å². The Morgan fingerprint density at radius 2 is 2.15 bits per heavy atom. The number of aryl methyl sites for hydroxylation is 1. The molecule has 1 atom stereocenters. The zero-order valence-corrected chi connectivity index (χ0v) is 11.7. The summed E-state index contributed by atoms with van der Waals surface area (Å²) >= 11 is 0. The standard InChI is InChI=1S/C16H20N2O2/c1-12-5-4-6-13(11-12)8-9-15(19)18-10-3-2-7-14(18)16(17)20/h4-6,8-9,11,14H,2-3,7,10H2,1H3,(H2,17,20). The van der Waals surface area contributed by atoms with Crippen molar-refractivity contribution in [1.82, 2.24) is 4.90 Å². The summed E-state index contributed by atoms with van der Waals surface area (Å²) < 4.78 is 0. The predicted octanol–water partition coefficient (Wildman–Crippen LogP) is 1.87. The molecule has 1 aliphatic rings. The van der Waals surface area contributed by atoms with E-state index in [9.17, 15) is 9.59 Å². The van der Waals surface area contributed by atoms with Crippen LogP contribution < -0.4 is 5.73 Å². The Hall–Kier alpha value is -2.10. The fraction of sp³-hybridized carbons (Fsp3) is 0.375. The van der Waals surface area contributed by atoms with Crippen molar-refractivity contribution in [2.45, 2.75) is 32.2 Å². The van der Waals surface area contributed by atoms with Crippen molar-refractivity contribution in [3.63, 3.8) is 0 Å². The molecule has 0 spiro atoms. The number of likely N-dealkylation sites (tertiary alicyclic amines) is 1. The minimum Gasteiger partial charge on any atom is -0.368 e. The normalized spacial score (nSPS) is 19.2. The molecular formula is C16H20N2O2. The van der Waals surface area contributed by atoms with Crippen LogP contribution in [0.15, 0.2) is 30.3 Å². The van der Waals surface area contributed by atoms with Gasteiger partial charge in [-0.3, -0.25) is 9.59 Å². The molecule has 1 aromatic rings. The number of hydrogen-bond acceptors (Lipinski definition) is 2. The van der Waals surface area contributed by atoms with Gasteiger partial charge in [0.15, 0.2) is 0 Å². The van der Waals surface area contributed by atoms with Gasteiger partial charge in [-0.25, -0.2) is 0 Å². The van der Waals surface area contributed by atoms with Gasteiger partial charge in [-0.2, -0.15) is 0 Å². The second kappa shape index (κ2) is 6.37. The number of piperidine rings is 1. The van der Waals surface area contributed by atoms with Gasteiger partial charge in [-0.1, -0.05) is 29.8 Å². The van der Waals surface area contributed by atoms with Crippen molar-refractivity contribution >= 4 is 17.9 Å². The van der Waals surface area contributed by atoms with E-state index in [1.807, 2.05) is 31.2 Å². The number of primary amides is 1. The number of carbonyl (C=O) groups is 2. The molecule has 4 heteroatoms. The first-order valence-corrected chi connectivity index (χ1v) is 6.92. The van der Waals surface area contributed by atoms with Gasteiger partial charge in [0.25, 0.3) is 0 Å². The lowest BCUT2D eigenvalue weighted by molar-refractivity contribution is -0.137. The number of rotatable bonds is 3. The van der Waals surface area contributed by atoms with Gasteiger partial charge in [-0.05, 0) is 37.8 Å². The Labute approximate surface area is 119 Å². The summed E-state index contributed by atoms with van der Waals surface area (Å²) in [5, 5.41) is 0. The molecule has 0 aliphatic carbocycles. The molecule has 1 fully saturated rings. The predicted molar refractivity (Wildman–Crippen MR) is 78.8 cm³/mol. The maximum atomic E-state index is 12.2. The van der Waals surface area contributed by atoms with Gasteiger partial charge < -0.3 is 10.6 Å². The molecule has 1 saturated heterocycles. The van der Waals surface area contributed by atoms with E-state index in [2.05, 4.69) is 0 Å². The van der Waals surface area contributed by atoms with Crippen molar-refractivity contribution < 1.29 is 9.59 Å². The smallest absolute Gasteiger partial charge is 0.247 e. The number of nitrogens with zero attached hydrogens (tertiary/aromatic N) is 1. The zero-order chi connectivity index (χ0) is 14.5. The highest BCUT2D eigenvalue weighted by Gasteiger charge is 2.29. The fourth-order valence-corrected chi connectivity index (χ4v) is 2.53. The van der Waals surface area contributed by atoms with Crippen LogP contribution in [0, 0.1) is 6.92 Å². The summed E-state index contributed by atoms with van der Waals surface area (Å²) in [5.74, 6) is -0.558. The second-order valence-electron chi connectivity index (χ2n) is 5.19. The van der Waals surface area contributed by atoms with Crippen LogP contribution in [0.3, 0.4) is 0 Å². The van der Waals surface area contributed by atoms with Crippen LogP contribution in [0.5, 0.6) is 0 Å². The van der Waals surface area contributed by atoms with Crippen LogP contribution in [0.4, 0.5) is 0 Å². The van der Waals surface area contributed by atoms with Crippen LogP contribution in [0.1, 0.15) is 30.4 Å². The molecule has 2 N–H and O–H groups in total. The molecule has 2 amide bonds. The fourth-order valence-electron chi connectivity index (χ4n) is 2.53. The lowest BCUT2D eigenvalue weighted by Crippen LogP contribution is -2.49. The maximum Gasteiger partial charge on any atom is 0.247 e. The highest BCUT2D eigenvalue weighted by Crippen LogP contribution is 2.17. The third-order valence-electron chi connectivity index (χ3n) is 3.57. The first kappa shape index (κ1) is 14.3. The maximum absolute atomic E-state index is 12.2. The summed E-state index contributed by atoms with van der Waals surface area (Å²) in [6, 6.07) is 7.45. The number of benzene rings is 1. The minimum absolute atomic E-state index is 0.144. The van der Waals surface area contributed by atoms with Crippen LogP contribution >= 0.6 is 0 Å². The zero-order valence-electron chi connectivity index (χ0n) is 11.7. The summed E-state index contributed by atoms with van der Waals surface area (Å²) in [7, 11) is 0. The summed E-state index contributed by atoms with van der Waals surface area (Å²) in [4.78, 5) is 25.2. The van der Waals surface area contributed by atoms with Crippen LogP contribution in [-0.2, 0) is 9.59 Å². The average Bonchev–Trinajstić information content (AvgIpc) is 2.45. The molecule has 0 radical (unpaired) electrons. The van der Waals surface area contributed by atoms with E-state index in [1.165, 1.54) is 6.08 Å². The molecule has 1 aliphatic heterocycles. The Bertz CT molecular complexity index is 537. The summed E-state index contributed by atoms with van der Waals surface area (Å²) in [6.07, 6.45) is 5.84. The van der Waals surface area contributed by atoms with Crippen LogP contribution in [0.2, 0.25) is 0 Å². The van der Waals surface area contributed by atoms with E-state index >= 15 is 0 Å². The molecule has 106 valence electrons. The molecule has 0 bridgehead atoms. The number of amides is 2. The Morgan fingerprint density at radius 1 is 1.35 bits per heavy atom. The Kier molecular flexibility index (Phi) is 4.56. The van der Waals surface area contributed by atoms with E-state index in [0.29, 0.717) is 13.0 Å². The van der Waals surface area contributed by atoms with Crippen LogP contribution in [0.25, 0.3) is 6.08 Å². The van der Waals surface area contributed by atoms with Crippen molar-refractivity contribution in [3.05, 3.63) is 41.5 Å². The van der Waals surface area contributed by atoms with E-state index in [4.69, 9.17) is 5.73 Å². The quantitative estimate of drug-likeness (QED) is 0.854. The van der Waals surface area contributed by atoms with Crippen molar-refractivity contribution in [2.24, 2.45) is 5.73 Å². The molecule has 20 heavy (non-hydrogen) atoms. The summed E-state index contributed by atoms with van der Waals surface area (Å²) in [6.45, 7) is 2.61. The number of hydrogen-bond donors (Lipinski definition) is 1. The highest BCUT2D eigenvalue weighted by atomic mass is 16.2. The first-order chi connectivity index (χ1) is 9.58. The molecule has 4 nitrogen and oxygen atoms in total. The van der Waals surface area contributed by atoms with E-state index in [1.54, 1.807) is 11.0 Å². The number of nitrogens with two attached hydrogens (primary N) is 1. The van der Waals surface area contributed by atoms with Crippen molar-refractivity contribution in [3.8, 4) is 0 Å². The topological polar surface area (TPSA) is 63.4 Å². The molecule has 0 aromatic heterocycles. The first-order valence-electron chi connectivity index (χ1n) is 6.92. The van der Waals surface area contributed by atoms with Gasteiger partial charge in [0.1, 0.15) is 6.04 Å². The second-order valence-corrected chi connectivity index (χ2v) is 5.19. The van der Waals surface area contributed by atoms with E-state index in [-0.39, 0.29) is 5.91 Å². The Morgan fingerprint density at radius 3 is 2.85 bits per heavy atom. The molecular weight excluding hydrogens is 252 g/mol. The molecule has 1 aromatic carbocycles. The average molecular weight is 272 g/mol. The van der Waals surface area contributed by atoms with E-state index < -0.39 is 11.9 Å². The lowest BCUT2D eigenvalue weighted by atomic mass is 10.0. The SMILES string of the molecule is Cc1cccc(C=CC(=O)N2CCCCC2C(N)=O)c1. The Balaban J connectivity index is 2.08. The van der Waals surface area contributed by atoms with Gasteiger partial charge in [0.05, 0.1) is 0 Å². The van der Waals surface area contributed by atoms with Gasteiger partial charge in [-0.15, -0.1) is 0 Å². The molecule has 1 unspecified atom stereocenters. The van der Waals surface area contributed by atoms with Gasteiger partial charge in [0, 0.05) is 12.6 Å². The molecule has 1 heterocycles. The summed E-state index contributed by atoms with van der Waals surface area (Å²) in [5.41, 5.74) is 7.49. The third-order valence-corrected chi connectivity index (χ3v) is 3.57. The highest BCUT2D eigenvalue weighted by molar-refractivity contribution is 5.95. The molecule has 0 saturated carbocycles. The number of carbonyl (C=O) groups excluding carboxylic acids is 2. The van der Waals surface area contributed by atoms with Gasteiger partial charge >= 0.3 is 0 Å². The van der Waals surface area contributed by atoms with Crippen LogP contribution in [-0.4, -0.2) is 29.3 Å². The molecule has 2 rings (SSSR count). The monoisotopic (exact) mass is 272 g/mol.